The normalized spacial score (nSPS) is 12.7. The molecule has 184 valence electrons. The number of benzene rings is 1. The van der Waals surface area contributed by atoms with Gasteiger partial charge < -0.3 is 15.2 Å². The Morgan fingerprint density at radius 2 is 1.24 bits per heavy atom. The third kappa shape index (κ3) is 6.47. The van der Waals surface area contributed by atoms with Gasteiger partial charge in [0, 0.05) is 5.18 Å². The van der Waals surface area contributed by atoms with E-state index < -0.39 is 28.7 Å². The molecule has 0 bridgehead atoms. The maximum atomic E-state index is 13.1. The lowest BCUT2D eigenvalue weighted by molar-refractivity contribution is -0.149. The van der Waals surface area contributed by atoms with Crippen LogP contribution in [0.1, 0.15) is 85.6 Å². The van der Waals surface area contributed by atoms with Crippen molar-refractivity contribution in [3.05, 3.63) is 28.7 Å². The second kappa shape index (κ2) is 12.6. The number of ether oxygens (including phenoxy) is 2. The number of carbonyl (C=O) groups excluding carboxylic acids is 3. The van der Waals surface area contributed by atoms with Gasteiger partial charge >= 0.3 is 17.8 Å². The van der Waals surface area contributed by atoms with Crippen LogP contribution in [0.5, 0.6) is 11.5 Å². The van der Waals surface area contributed by atoms with Crippen molar-refractivity contribution in [3.8, 4) is 11.5 Å². The molecule has 8 nitrogen and oxygen atoms in total. The monoisotopic (exact) mass is 462 g/mol. The maximum absolute atomic E-state index is 13.1. The molecule has 1 aromatic rings. The summed E-state index contributed by atoms with van der Waals surface area (Å²) < 4.78 is 11.5. The third-order valence-corrected chi connectivity index (χ3v) is 7.20. The van der Waals surface area contributed by atoms with E-state index in [1.165, 1.54) is 12.1 Å². The lowest BCUT2D eigenvalue weighted by atomic mass is 9.80. The summed E-state index contributed by atoms with van der Waals surface area (Å²) in [6.45, 7) is 11.6. The van der Waals surface area contributed by atoms with Crippen LogP contribution in [0.15, 0.2) is 23.4 Å². The van der Waals surface area contributed by atoms with Gasteiger partial charge in [0.2, 0.25) is 0 Å². The van der Waals surface area contributed by atoms with Crippen LogP contribution in [0.25, 0.3) is 0 Å². The van der Waals surface area contributed by atoms with Crippen molar-refractivity contribution in [2.75, 3.05) is 0 Å². The van der Waals surface area contributed by atoms with Crippen molar-refractivity contribution >= 4 is 17.8 Å². The van der Waals surface area contributed by atoms with E-state index in [9.17, 15) is 19.3 Å². The summed E-state index contributed by atoms with van der Waals surface area (Å²) in [5, 5.41) is 2.36. The van der Waals surface area contributed by atoms with Gasteiger partial charge in [-0.3, -0.25) is 14.4 Å². The number of nitrogens with two attached hydrogens (primary N) is 1. The molecule has 0 aliphatic rings. The maximum Gasteiger partial charge on any atom is 0.317 e. The first-order chi connectivity index (χ1) is 15.6. The first-order valence-electron chi connectivity index (χ1n) is 11.8. The first-order valence-corrected chi connectivity index (χ1v) is 11.8. The number of rotatable bonds is 13. The van der Waals surface area contributed by atoms with Crippen molar-refractivity contribution in [1.29, 1.82) is 0 Å². The summed E-state index contributed by atoms with van der Waals surface area (Å²) in [6, 6.07) is 3.55. The highest BCUT2D eigenvalue weighted by Crippen LogP contribution is 2.38. The number of amides is 1. The molecule has 2 N–H and O–H groups in total. The van der Waals surface area contributed by atoms with Crippen molar-refractivity contribution in [3.63, 3.8) is 0 Å². The molecular weight excluding hydrogens is 424 g/mol. The summed E-state index contributed by atoms with van der Waals surface area (Å²) >= 11 is 0. The van der Waals surface area contributed by atoms with Crippen LogP contribution in [-0.2, 0) is 20.8 Å². The van der Waals surface area contributed by atoms with Crippen LogP contribution in [0.4, 0.5) is 0 Å². The van der Waals surface area contributed by atoms with Crippen molar-refractivity contribution in [2.45, 2.75) is 92.5 Å². The molecule has 0 spiro atoms. The van der Waals surface area contributed by atoms with Gasteiger partial charge in [-0.15, -0.1) is 4.91 Å². The van der Waals surface area contributed by atoms with E-state index in [0.29, 0.717) is 44.1 Å². The molecule has 1 rings (SSSR count). The van der Waals surface area contributed by atoms with E-state index in [1.807, 2.05) is 41.5 Å². The Hall–Kier alpha value is -2.61. The molecule has 0 aliphatic carbocycles. The van der Waals surface area contributed by atoms with Crippen LogP contribution in [0, 0.1) is 15.7 Å². The summed E-state index contributed by atoms with van der Waals surface area (Å²) in [5.41, 5.74) is 4.99. The predicted octanol–water partition coefficient (Wildman–Crippen LogP) is 5.09. The molecule has 0 unspecified atom stereocenters. The van der Waals surface area contributed by atoms with E-state index in [-0.39, 0.29) is 23.9 Å². The predicted molar refractivity (Wildman–Crippen MR) is 127 cm³/mol. The Morgan fingerprint density at radius 3 is 1.64 bits per heavy atom. The first kappa shape index (κ1) is 28.4. The Bertz CT molecular complexity index is 827. The molecular formula is C25H38N2O6. The second-order valence-electron chi connectivity index (χ2n) is 8.48. The fourth-order valence-corrected chi connectivity index (χ4v) is 4.03. The molecule has 0 aliphatic heterocycles. The van der Waals surface area contributed by atoms with Gasteiger partial charge in [-0.25, -0.2) is 0 Å². The number of esters is 2. The molecule has 0 heterocycles. The molecule has 0 saturated heterocycles. The Morgan fingerprint density at radius 1 is 0.818 bits per heavy atom. The van der Waals surface area contributed by atoms with Gasteiger partial charge in [-0.05, 0) is 62.6 Å². The number of hydrogen-bond donors (Lipinski definition) is 1. The molecule has 1 aromatic carbocycles. The fraction of sp³-hybridized carbons (Fsp3) is 0.640. The SMILES string of the molecule is CCC(CC)(CC)C(=O)Oc1ccc(C[C@H](N)C(=O)N=O)cc1OC(=O)C(CC)(CC)CC. The molecule has 33 heavy (non-hydrogen) atoms. The van der Waals surface area contributed by atoms with Crippen LogP contribution >= 0.6 is 0 Å². The molecule has 0 saturated carbocycles. The van der Waals surface area contributed by atoms with Crippen molar-refractivity contribution in [2.24, 2.45) is 21.7 Å². The zero-order valence-electron chi connectivity index (χ0n) is 20.7. The Kier molecular flexibility index (Phi) is 10.8. The lowest BCUT2D eigenvalue weighted by Crippen LogP contribution is -2.35. The highest BCUT2D eigenvalue weighted by atomic mass is 16.6. The summed E-state index contributed by atoms with van der Waals surface area (Å²) in [5.74, 6) is -1.55. The van der Waals surface area contributed by atoms with E-state index in [1.54, 1.807) is 6.07 Å². The van der Waals surface area contributed by atoms with Crippen LogP contribution < -0.4 is 15.2 Å². The zero-order valence-corrected chi connectivity index (χ0v) is 20.7. The van der Waals surface area contributed by atoms with Crippen LogP contribution in [0.3, 0.4) is 0 Å². The lowest BCUT2D eigenvalue weighted by Gasteiger charge is -2.29. The van der Waals surface area contributed by atoms with Crippen LogP contribution in [-0.4, -0.2) is 23.9 Å². The van der Waals surface area contributed by atoms with Gasteiger partial charge in [0.25, 0.3) is 0 Å². The Balaban J connectivity index is 3.40. The van der Waals surface area contributed by atoms with Gasteiger partial charge in [0.15, 0.2) is 11.5 Å². The highest BCUT2D eigenvalue weighted by Gasteiger charge is 2.37. The Labute approximate surface area is 196 Å². The molecule has 0 aromatic heterocycles. The topological polar surface area (TPSA) is 125 Å². The summed E-state index contributed by atoms with van der Waals surface area (Å²) in [4.78, 5) is 48.2. The summed E-state index contributed by atoms with van der Waals surface area (Å²) in [6.07, 6.45) is 3.67. The smallest absolute Gasteiger partial charge is 0.317 e. The number of nitroso groups, excluding NO2 is 1. The molecule has 1 atom stereocenters. The molecule has 0 radical (unpaired) electrons. The van der Waals surface area contributed by atoms with E-state index in [2.05, 4.69) is 5.18 Å². The molecule has 1 amide bonds. The number of hydrogen-bond acceptors (Lipinski definition) is 7. The number of carbonyl (C=O) groups is 3. The fourth-order valence-electron chi connectivity index (χ4n) is 4.03. The van der Waals surface area contributed by atoms with Crippen molar-refractivity contribution in [1.82, 2.24) is 0 Å². The van der Waals surface area contributed by atoms with Gasteiger partial charge in [0.05, 0.1) is 16.9 Å². The minimum absolute atomic E-state index is 0.0205. The highest BCUT2D eigenvalue weighted by molar-refractivity contribution is 5.83. The summed E-state index contributed by atoms with van der Waals surface area (Å²) in [7, 11) is 0. The second-order valence-corrected chi connectivity index (χ2v) is 8.48. The quantitative estimate of drug-likeness (QED) is 0.246. The van der Waals surface area contributed by atoms with Gasteiger partial charge in [-0.1, -0.05) is 47.6 Å². The van der Waals surface area contributed by atoms with Crippen LogP contribution in [0.2, 0.25) is 0 Å². The number of nitrogens with zero attached hydrogens (tertiary/aromatic N) is 1. The standard InChI is InChI=1S/C25H38N2O6/c1-7-24(8-2,9-3)22(29)32-19-14-13-17(15-18(26)21(28)27-31)16-20(19)33-23(30)25(10-4,11-5)12-6/h13-14,16,18H,7-12,15,26H2,1-6H3/t18-/m0/s1. The van der Waals surface area contributed by atoms with E-state index >= 15 is 0 Å². The molecule has 0 fully saturated rings. The van der Waals surface area contributed by atoms with E-state index in [4.69, 9.17) is 15.2 Å². The van der Waals surface area contributed by atoms with Gasteiger partial charge in [0.1, 0.15) is 0 Å². The molecule has 8 heteroatoms. The largest absolute Gasteiger partial charge is 0.422 e. The minimum atomic E-state index is -1.12. The van der Waals surface area contributed by atoms with Crippen molar-refractivity contribution < 1.29 is 23.9 Å². The average Bonchev–Trinajstić information content (AvgIpc) is 2.83. The third-order valence-electron chi connectivity index (χ3n) is 7.20. The average molecular weight is 463 g/mol. The van der Waals surface area contributed by atoms with E-state index in [0.717, 1.165) is 0 Å². The minimum Gasteiger partial charge on any atom is -0.422 e. The zero-order chi connectivity index (χ0) is 25.2. The van der Waals surface area contributed by atoms with Gasteiger partial charge in [-0.2, -0.15) is 0 Å².